The number of aromatic nitrogens is 1. The van der Waals surface area contributed by atoms with Crippen molar-refractivity contribution in [1.29, 1.82) is 0 Å². The molecule has 1 aromatic carbocycles. The highest BCUT2D eigenvalue weighted by Crippen LogP contribution is 2.25. The van der Waals surface area contributed by atoms with Crippen molar-refractivity contribution in [2.24, 2.45) is 0 Å². The molecular weight excluding hydrogens is 264 g/mol. The lowest BCUT2D eigenvalue weighted by molar-refractivity contribution is 0.101. The molecule has 1 N–H and O–H groups in total. The van der Waals surface area contributed by atoms with Gasteiger partial charge < -0.3 is 5.32 Å². The van der Waals surface area contributed by atoms with Gasteiger partial charge in [0, 0.05) is 6.20 Å². The number of pyridine rings is 1. The molecule has 0 saturated heterocycles. The molecule has 96 valence electrons. The van der Waals surface area contributed by atoms with E-state index in [-0.39, 0.29) is 17.4 Å². The molecule has 0 fully saturated rings. The SMILES string of the molecule is CC(=O)c1c(Cl)cccc1NC(=O)c1ccccn1. The highest BCUT2D eigenvalue weighted by Gasteiger charge is 2.14. The standard InChI is InChI=1S/C14H11ClN2O2/c1-9(18)13-10(15)5-4-7-11(13)17-14(19)12-6-2-3-8-16-12/h2-8H,1H3,(H,17,19). The smallest absolute Gasteiger partial charge is 0.274 e. The minimum atomic E-state index is -0.384. The monoisotopic (exact) mass is 274 g/mol. The number of carbonyl (C=O) groups is 2. The van der Waals surface area contributed by atoms with Gasteiger partial charge in [0.05, 0.1) is 16.3 Å². The van der Waals surface area contributed by atoms with Gasteiger partial charge in [-0.1, -0.05) is 23.7 Å². The maximum Gasteiger partial charge on any atom is 0.274 e. The van der Waals surface area contributed by atoms with Crippen LogP contribution in [0.2, 0.25) is 5.02 Å². The number of benzene rings is 1. The van der Waals surface area contributed by atoms with E-state index in [9.17, 15) is 9.59 Å². The predicted octanol–water partition coefficient (Wildman–Crippen LogP) is 3.19. The zero-order valence-electron chi connectivity index (χ0n) is 10.2. The molecule has 0 atom stereocenters. The molecule has 0 spiro atoms. The van der Waals surface area contributed by atoms with Crippen LogP contribution in [0.25, 0.3) is 0 Å². The van der Waals surface area contributed by atoms with Gasteiger partial charge in [0.2, 0.25) is 0 Å². The summed E-state index contributed by atoms with van der Waals surface area (Å²) in [4.78, 5) is 27.5. The number of nitrogens with one attached hydrogen (secondary N) is 1. The fourth-order valence-corrected chi connectivity index (χ4v) is 1.98. The van der Waals surface area contributed by atoms with Crippen LogP contribution in [0, 0.1) is 0 Å². The van der Waals surface area contributed by atoms with Crippen molar-refractivity contribution in [3.8, 4) is 0 Å². The third-order valence-electron chi connectivity index (χ3n) is 2.51. The number of hydrogen-bond donors (Lipinski definition) is 1. The Hall–Kier alpha value is -2.20. The highest BCUT2D eigenvalue weighted by molar-refractivity contribution is 6.34. The molecule has 4 nitrogen and oxygen atoms in total. The average Bonchev–Trinajstić information content (AvgIpc) is 2.39. The number of anilines is 1. The largest absolute Gasteiger partial charge is 0.320 e. The van der Waals surface area contributed by atoms with Gasteiger partial charge in [-0.05, 0) is 31.2 Å². The Balaban J connectivity index is 2.32. The maximum atomic E-state index is 12.0. The van der Waals surface area contributed by atoms with Gasteiger partial charge >= 0.3 is 0 Å². The molecule has 0 bridgehead atoms. The van der Waals surface area contributed by atoms with E-state index in [2.05, 4.69) is 10.3 Å². The summed E-state index contributed by atoms with van der Waals surface area (Å²) in [6.07, 6.45) is 1.53. The summed E-state index contributed by atoms with van der Waals surface area (Å²) in [5.74, 6) is -0.590. The van der Waals surface area contributed by atoms with E-state index >= 15 is 0 Å². The van der Waals surface area contributed by atoms with Crippen LogP contribution in [0.15, 0.2) is 42.6 Å². The summed E-state index contributed by atoms with van der Waals surface area (Å²) >= 11 is 5.97. The van der Waals surface area contributed by atoms with Crippen LogP contribution < -0.4 is 5.32 Å². The van der Waals surface area contributed by atoms with Gasteiger partial charge in [0.1, 0.15) is 5.69 Å². The number of Topliss-reactive ketones (excluding diaryl/α,β-unsaturated/α-hetero) is 1. The topological polar surface area (TPSA) is 59.1 Å². The summed E-state index contributed by atoms with van der Waals surface area (Å²) in [6.45, 7) is 1.40. The van der Waals surface area contributed by atoms with E-state index in [1.54, 1.807) is 36.4 Å². The number of halogens is 1. The second-order valence-corrected chi connectivity index (χ2v) is 4.29. The summed E-state index contributed by atoms with van der Waals surface area (Å²) in [6, 6.07) is 9.93. The Morgan fingerprint density at radius 1 is 1.16 bits per heavy atom. The van der Waals surface area contributed by atoms with E-state index in [0.717, 1.165) is 0 Å². The molecule has 0 aliphatic rings. The van der Waals surface area contributed by atoms with Crippen LogP contribution in [0.4, 0.5) is 5.69 Å². The molecule has 0 unspecified atom stereocenters. The molecule has 5 heteroatoms. The number of hydrogen-bond acceptors (Lipinski definition) is 3. The van der Waals surface area contributed by atoms with Crippen LogP contribution in [-0.4, -0.2) is 16.7 Å². The van der Waals surface area contributed by atoms with Crippen molar-refractivity contribution in [1.82, 2.24) is 4.98 Å². The van der Waals surface area contributed by atoms with Crippen LogP contribution in [0.5, 0.6) is 0 Å². The quantitative estimate of drug-likeness (QED) is 0.875. The number of carbonyl (C=O) groups excluding carboxylic acids is 2. The van der Waals surface area contributed by atoms with Gasteiger partial charge in [-0.2, -0.15) is 0 Å². The molecule has 1 amide bonds. The molecular formula is C14H11ClN2O2. The van der Waals surface area contributed by atoms with Crippen molar-refractivity contribution >= 4 is 29.0 Å². The first-order valence-corrected chi connectivity index (χ1v) is 5.99. The molecule has 0 aliphatic carbocycles. The van der Waals surface area contributed by atoms with Crippen LogP contribution in [-0.2, 0) is 0 Å². The second kappa shape index (κ2) is 5.63. The summed E-state index contributed by atoms with van der Waals surface area (Å²) in [7, 11) is 0. The van der Waals surface area contributed by atoms with Gasteiger partial charge in [-0.3, -0.25) is 14.6 Å². The van der Waals surface area contributed by atoms with E-state index in [1.165, 1.54) is 13.1 Å². The normalized spacial score (nSPS) is 10.0. The molecule has 1 aromatic heterocycles. The van der Waals surface area contributed by atoms with E-state index in [0.29, 0.717) is 16.3 Å². The number of ketones is 1. The van der Waals surface area contributed by atoms with Crippen molar-refractivity contribution in [3.05, 3.63) is 58.9 Å². The maximum absolute atomic E-state index is 12.0. The Morgan fingerprint density at radius 3 is 2.58 bits per heavy atom. The fraction of sp³-hybridized carbons (Fsp3) is 0.0714. The van der Waals surface area contributed by atoms with Crippen molar-refractivity contribution in [3.63, 3.8) is 0 Å². The minimum absolute atomic E-state index is 0.207. The summed E-state index contributed by atoms with van der Waals surface area (Å²) in [5, 5.41) is 2.95. The third kappa shape index (κ3) is 2.98. The third-order valence-corrected chi connectivity index (χ3v) is 2.83. The zero-order chi connectivity index (χ0) is 13.8. The van der Waals surface area contributed by atoms with Crippen LogP contribution >= 0.6 is 11.6 Å². The average molecular weight is 275 g/mol. The Kier molecular flexibility index (Phi) is 3.92. The molecule has 0 aliphatic heterocycles. The Labute approximate surface area is 115 Å². The fourth-order valence-electron chi connectivity index (χ4n) is 1.67. The first-order chi connectivity index (χ1) is 9.09. The lowest BCUT2D eigenvalue weighted by Gasteiger charge is -2.10. The Morgan fingerprint density at radius 2 is 1.95 bits per heavy atom. The van der Waals surface area contributed by atoms with Crippen molar-refractivity contribution in [2.75, 3.05) is 5.32 Å². The number of nitrogens with zero attached hydrogens (tertiary/aromatic N) is 1. The zero-order valence-corrected chi connectivity index (χ0v) is 10.9. The van der Waals surface area contributed by atoms with E-state index in [1.807, 2.05) is 0 Å². The lowest BCUT2D eigenvalue weighted by Crippen LogP contribution is -2.15. The summed E-state index contributed by atoms with van der Waals surface area (Å²) in [5.41, 5.74) is 0.959. The number of rotatable bonds is 3. The van der Waals surface area contributed by atoms with E-state index in [4.69, 9.17) is 11.6 Å². The Bertz CT molecular complexity index is 627. The molecule has 19 heavy (non-hydrogen) atoms. The van der Waals surface area contributed by atoms with Crippen molar-refractivity contribution in [2.45, 2.75) is 6.92 Å². The summed E-state index contributed by atoms with van der Waals surface area (Å²) < 4.78 is 0. The van der Waals surface area contributed by atoms with E-state index < -0.39 is 0 Å². The van der Waals surface area contributed by atoms with Crippen LogP contribution in [0.3, 0.4) is 0 Å². The first kappa shape index (κ1) is 13.2. The van der Waals surface area contributed by atoms with Gasteiger partial charge in [-0.25, -0.2) is 0 Å². The minimum Gasteiger partial charge on any atom is -0.320 e. The highest BCUT2D eigenvalue weighted by atomic mass is 35.5. The first-order valence-electron chi connectivity index (χ1n) is 5.61. The van der Waals surface area contributed by atoms with Crippen LogP contribution in [0.1, 0.15) is 27.8 Å². The van der Waals surface area contributed by atoms with Gasteiger partial charge in [0.15, 0.2) is 5.78 Å². The van der Waals surface area contributed by atoms with Gasteiger partial charge in [0.25, 0.3) is 5.91 Å². The van der Waals surface area contributed by atoms with Gasteiger partial charge in [-0.15, -0.1) is 0 Å². The molecule has 2 rings (SSSR count). The predicted molar refractivity (Wildman–Crippen MR) is 73.6 cm³/mol. The van der Waals surface area contributed by atoms with Crippen molar-refractivity contribution < 1.29 is 9.59 Å². The molecule has 1 heterocycles. The lowest BCUT2D eigenvalue weighted by atomic mass is 10.1. The molecule has 2 aromatic rings. The molecule has 0 saturated carbocycles. The second-order valence-electron chi connectivity index (χ2n) is 3.89. The molecule has 0 radical (unpaired) electrons. The number of amides is 1.